The molecule has 1 nitrogen and oxygen atoms in total. The van der Waals surface area contributed by atoms with Gasteiger partial charge in [-0.2, -0.15) is 0 Å². The minimum absolute atomic E-state index is 0.00540. The minimum atomic E-state index is -1.76. The first-order valence-corrected chi connectivity index (χ1v) is 11.2. The molecule has 0 aromatic heterocycles. The van der Waals surface area contributed by atoms with E-state index in [1.54, 1.807) is 0 Å². The first-order valence-electron chi connectivity index (χ1n) is 11.2. The van der Waals surface area contributed by atoms with E-state index in [2.05, 4.69) is 24.3 Å². The number of rotatable bonds is 10. The molecule has 2 aromatic carbocycles. The lowest BCUT2D eigenvalue weighted by atomic mass is 9.80. The van der Waals surface area contributed by atoms with Gasteiger partial charge in [-0.15, -0.1) is 0 Å². The lowest BCUT2D eigenvalue weighted by Crippen LogP contribution is -2.34. The molecule has 1 saturated carbocycles. The number of hydrogen-bond acceptors (Lipinski definition) is 1. The molecule has 1 fully saturated rings. The maximum atomic E-state index is 14.8. The highest BCUT2D eigenvalue weighted by molar-refractivity contribution is 5.68. The highest BCUT2D eigenvalue weighted by Gasteiger charge is 2.30. The summed E-state index contributed by atoms with van der Waals surface area (Å²) in [6.45, 7) is -0.546. The Balaban J connectivity index is 1.81. The van der Waals surface area contributed by atoms with Gasteiger partial charge in [-0.25, -0.2) is 8.78 Å². The molecule has 2 aromatic rings. The molecule has 0 spiro atoms. The third-order valence-electron chi connectivity index (χ3n) is 6.30. The summed E-state index contributed by atoms with van der Waals surface area (Å²) in [6.07, 6.45) is 2.03. The second-order valence-corrected chi connectivity index (χ2v) is 8.39. The van der Waals surface area contributed by atoms with Gasteiger partial charge in [-0.3, -0.25) is 4.39 Å². The zero-order valence-electron chi connectivity index (χ0n) is 17.8. The Kier molecular flexibility index (Phi) is 8.80. The van der Waals surface area contributed by atoms with E-state index < -0.39 is 25.1 Å². The lowest BCUT2D eigenvalue weighted by molar-refractivity contribution is -0.0108. The van der Waals surface area contributed by atoms with Crippen LogP contribution in [0.2, 0.25) is 0 Å². The fraction of sp³-hybridized carbons (Fsp3) is 0.538. The standard InChI is InChI=1S/C26H33F3O/c1-30-25(13-8-16-27)26(29)24(28)18-19-14-15-22(20-9-4-2-5-10-20)23(17-19)21-11-6-3-7-12-21/h2,4-5,9-10,14-15,17,21,24-26H,3,6-8,11-13,16,18H2,1H3. The molecule has 0 amide bonds. The maximum Gasteiger partial charge on any atom is 0.157 e. The van der Waals surface area contributed by atoms with Gasteiger partial charge in [0.05, 0.1) is 12.8 Å². The molecule has 0 heterocycles. The zero-order valence-corrected chi connectivity index (χ0v) is 17.8. The van der Waals surface area contributed by atoms with Crippen molar-refractivity contribution in [2.45, 2.75) is 75.7 Å². The molecule has 0 saturated heterocycles. The smallest absolute Gasteiger partial charge is 0.157 e. The molecule has 30 heavy (non-hydrogen) atoms. The Morgan fingerprint density at radius 2 is 1.73 bits per heavy atom. The molecule has 0 bridgehead atoms. The van der Waals surface area contributed by atoms with E-state index in [-0.39, 0.29) is 19.3 Å². The topological polar surface area (TPSA) is 9.23 Å². The van der Waals surface area contributed by atoms with Crippen LogP contribution in [0.5, 0.6) is 0 Å². The Morgan fingerprint density at radius 3 is 2.40 bits per heavy atom. The molecule has 3 atom stereocenters. The number of hydrogen-bond donors (Lipinski definition) is 0. The Labute approximate surface area is 178 Å². The van der Waals surface area contributed by atoms with Crippen LogP contribution in [0.4, 0.5) is 13.2 Å². The Morgan fingerprint density at radius 1 is 1.00 bits per heavy atom. The van der Waals surface area contributed by atoms with E-state index in [9.17, 15) is 13.2 Å². The van der Waals surface area contributed by atoms with Crippen LogP contribution in [0, 0.1) is 0 Å². The van der Waals surface area contributed by atoms with E-state index in [4.69, 9.17) is 4.74 Å². The van der Waals surface area contributed by atoms with Gasteiger partial charge in [0, 0.05) is 13.5 Å². The van der Waals surface area contributed by atoms with Crippen LogP contribution in [-0.2, 0) is 11.2 Å². The van der Waals surface area contributed by atoms with Crippen molar-refractivity contribution in [2.75, 3.05) is 13.8 Å². The number of alkyl halides is 3. The van der Waals surface area contributed by atoms with Crippen LogP contribution in [0.25, 0.3) is 11.1 Å². The monoisotopic (exact) mass is 418 g/mol. The molecule has 3 rings (SSSR count). The van der Waals surface area contributed by atoms with E-state index in [0.717, 1.165) is 24.0 Å². The van der Waals surface area contributed by atoms with Crippen molar-refractivity contribution >= 4 is 0 Å². The van der Waals surface area contributed by atoms with Crippen molar-refractivity contribution < 1.29 is 17.9 Å². The number of halogens is 3. The molecule has 164 valence electrons. The van der Waals surface area contributed by atoms with Crippen molar-refractivity contribution in [3.63, 3.8) is 0 Å². The Hall–Kier alpha value is -1.81. The van der Waals surface area contributed by atoms with Gasteiger partial charge in [0.1, 0.15) is 6.17 Å². The molecule has 1 aliphatic carbocycles. The SMILES string of the molecule is COC(CCCF)C(F)C(F)Cc1ccc(-c2ccccc2)c(C2CCCCC2)c1. The predicted molar refractivity (Wildman–Crippen MR) is 117 cm³/mol. The molecule has 0 N–H and O–H groups in total. The van der Waals surface area contributed by atoms with Crippen molar-refractivity contribution in [2.24, 2.45) is 0 Å². The summed E-state index contributed by atoms with van der Waals surface area (Å²) in [5.41, 5.74) is 4.42. The van der Waals surface area contributed by atoms with Gasteiger partial charge in [0.15, 0.2) is 6.17 Å². The van der Waals surface area contributed by atoms with Crippen molar-refractivity contribution in [1.82, 2.24) is 0 Å². The van der Waals surface area contributed by atoms with Crippen LogP contribution in [-0.4, -0.2) is 32.2 Å². The van der Waals surface area contributed by atoms with E-state index >= 15 is 0 Å². The summed E-state index contributed by atoms with van der Waals surface area (Å²) in [7, 11) is 1.36. The van der Waals surface area contributed by atoms with Gasteiger partial charge in [-0.05, 0) is 53.9 Å². The molecule has 4 heteroatoms. The molecular weight excluding hydrogens is 385 g/mol. The third kappa shape index (κ3) is 5.87. The summed E-state index contributed by atoms with van der Waals surface area (Å²) in [5.74, 6) is 0.462. The van der Waals surface area contributed by atoms with Gasteiger partial charge in [0.2, 0.25) is 0 Å². The highest BCUT2D eigenvalue weighted by Crippen LogP contribution is 2.39. The zero-order chi connectivity index (χ0) is 21.3. The lowest BCUT2D eigenvalue weighted by Gasteiger charge is -2.26. The quantitative estimate of drug-likeness (QED) is 0.391. The largest absolute Gasteiger partial charge is 0.378 e. The summed E-state index contributed by atoms with van der Waals surface area (Å²) in [4.78, 5) is 0. The van der Waals surface area contributed by atoms with Crippen LogP contribution < -0.4 is 0 Å². The van der Waals surface area contributed by atoms with Crippen LogP contribution in [0.15, 0.2) is 48.5 Å². The fourth-order valence-corrected chi connectivity index (χ4v) is 4.63. The second kappa shape index (κ2) is 11.5. The normalized spacial score (nSPS) is 18.1. The van der Waals surface area contributed by atoms with E-state index in [0.29, 0.717) is 5.92 Å². The van der Waals surface area contributed by atoms with Crippen LogP contribution in [0.3, 0.4) is 0 Å². The predicted octanol–water partition coefficient (Wildman–Crippen LogP) is 7.38. The first kappa shape index (κ1) is 22.9. The molecule has 3 unspecified atom stereocenters. The summed E-state index contributed by atoms with van der Waals surface area (Å²) in [6, 6.07) is 16.3. The van der Waals surface area contributed by atoms with E-state index in [1.807, 2.05) is 24.3 Å². The van der Waals surface area contributed by atoms with Gasteiger partial charge in [0.25, 0.3) is 0 Å². The van der Waals surface area contributed by atoms with Crippen molar-refractivity contribution in [3.05, 3.63) is 59.7 Å². The molecule has 0 radical (unpaired) electrons. The molecule has 1 aliphatic rings. The average molecular weight is 419 g/mol. The average Bonchev–Trinajstić information content (AvgIpc) is 2.80. The van der Waals surface area contributed by atoms with Crippen LogP contribution in [0.1, 0.15) is 62.0 Å². The van der Waals surface area contributed by atoms with Crippen molar-refractivity contribution in [3.8, 4) is 11.1 Å². The second-order valence-electron chi connectivity index (χ2n) is 8.39. The molecular formula is C26H33F3O. The first-order chi connectivity index (χ1) is 14.6. The summed E-state index contributed by atoms with van der Waals surface area (Å²) in [5, 5.41) is 0. The minimum Gasteiger partial charge on any atom is -0.378 e. The van der Waals surface area contributed by atoms with Gasteiger partial charge in [-0.1, -0.05) is 67.8 Å². The maximum absolute atomic E-state index is 14.8. The number of ether oxygens (including phenoxy) is 1. The van der Waals surface area contributed by atoms with E-state index in [1.165, 1.54) is 37.5 Å². The Bertz CT molecular complexity index is 758. The number of benzene rings is 2. The fourth-order valence-electron chi connectivity index (χ4n) is 4.63. The number of methoxy groups -OCH3 is 1. The van der Waals surface area contributed by atoms with Crippen molar-refractivity contribution in [1.29, 1.82) is 0 Å². The van der Waals surface area contributed by atoms with Gasteiger partial charge < -0.3 is 4.74 Å². The molecule has 0 aliphatic heterocycles. The third-order valence-corrected chi connectivity index (χ3v) is 6.30. The summed E-state index contributed by atoms with van der Waals surface area (Å²) < 4.78 is 47.0. The summed E-state index contributed by atoms with van der Waals surface area (Å²) >= 11 is 0. The van der Waals surface area contributed by atoms with Gasteiger partial charge >= 0.3 is 0 Å². The van der Waals surface area contributed by atoms with Crippen LogP contribution >= 0.6 is 0 Å². The highest BCUT2D eigenvalue weighted by atomic mass is 19.2.